The Labute approximate surface area is 172 Å². The summed E-state index contributed by atoms with van der Waals surface area (Å²) in [5, 5.41) is 8.54. The lowest BCUT2D eigenvalue weighted by molar-refractivity contribution is 0.0855. The maximum absolute atomic E-state index is 13.2. The number of nitrogens with one attached hydrogen (secondary N) is 1. The van der Waals surface area contributed by atoms with E-state index in [0.29, 0.717) is 23.0 Å². The Morgan fingerprint density at radius 2 is 2.07 bits per heavy atom. The molecule has 2 heterocycles. The lowest BCUT2D eigenvalue weighted by Crippen LogP contribution is -2.33. The minimum atomic E-state index is -0.0758. The second-order valence-electron chi connectivity index (χ2n) is 8.17. The summed E-state index contributed by atoms with van der Waals surface area (Å²) in [6.07, 6.45) is 2.90. The molecule has 1 saturated heterocycles. The first-order valence-electron chi connectivity index (χ1n) is 10.1. The van der Waals surface area contributed by atoms with Crippen molar-refractivity contribution < 1.29 is 9.53 Å². The number of benzene rings is 1. The van der Waals surface area contributed by atoms with E-state index in [2.05, 4.69) is 33.0 Å². The quantitative estimate of drug-likeness (QED) is 0.725. The average molecular weight is 404 g/mol. The van der Waals surface area contributed by atoms with Crippen molar-refractivity contribution in [2.75, 3.05) is 13.2 Å². The fourth-order valence-corrected chi connectivity index (χ4v) is 3.91. The van der Waals surface area contributed by atoms with Crippen molar-refractivity contribution in [1.29, 1.82) is 0 Å². The molecule has 1 aliphatic heterocycles. The Morgan fingerprint density at radius 3 is 2.68 bits per heavy atom. The van der Waals surface area contributed by atoms with Gasteiger partial charge in [0.1, 0.15) is 0 Å². The minimum Gasteiger partial charge on any atom is -0.376 e. The molecule has 28 heavy (non-hydrogen) atoms. The van der Waals surface area contributed by atoms with Crippen molar-refractivity contribution in [2.24, 2.45) is 5.92 Å². The van der Waals surface area contributed by atoms with Gasteiger partial charge in [-0.3, -0.25) is 4.79 Å². The Bertz CT molecular complexity index is 823. The van der Waals surface area contributed by atoms with Gasteiger partial charge in [0.2, 0.25) is 0 Å². The Kier molecular flexibility index (Phi) is 6.78. The van der Waals surface area contributed by atoms with Crippen LogP contribution in [0.1, 0.15) is 68.2 Å². The minimum absolute atomic E-state index is 0.0758. The standard InChI is InChI=1S/C22H30ClN3O2/c1-14(2)12-18-20(22(27)24-13-16-8-7-11-28-16)21(15(3)4)26(25-18)19-10-6-5-9-17(19)23/h5-6,9-10,14-16H,7-8,11-13H2,1-4H3,(H,24,27). The van der Waals surface area contributed by atoms with Crippen LogP contribution in [0.3, 0.4) is 0 Å². The van der Waals surface area contributed by atoms with Gasteiger partial charge in [-0.05, 0) is 43.2 Å². The SMILES string of the molecule is CC(C)Cc1nn(-c2ccccc2Cl)c(C(C)C)c1C(=O)NCC1CCCO1. The van der Waals surface area contributed by atoms with Gasteiger partial charge in [-0.25, -0.2) is 4.68 Å². The zero-order valence-corrected chi connectivity index (χ0v) is 17.9. The highest BCUT2D eigenvalue weighted by molar-refractivity contribution is 6.32. The molecular weight excluding hydrogens is 374 g/mol. The van der Waals surface area contributed by atoms with Crippen molar-refractivity contribution in [1.82, 2.24) is 15.1 Å². The number of amides is 1. The number of carbonyl (C=O) groups excluding carboxylic acids is 1. The third-order valence-corrected chi connectivity index (χ3v) is 5.28. The Hall–Kier alpha value is -1.85. The smallest absolute Gasteiger partial charge is 0.255 e. The lowest BCUT2D eigenvalue weighted by atomic mass is 9.98. The van der Waals surface area contributed by atoms with Crippen LogP contribution < -0.4 is 5.32 Å². The zero-order valence-electron chi connectivity index (χ0n) is 17.2. The van der Waals surface area contributed by atoms with Crippen LogP contribution in [0.25, 0.3) is 5.69 Å². The second kappa shape index (κ2) is 9.10. The Balaban J connectivity index is 2.02. The zero-order chi connectivity index (χ0) is 20.3. The molecule has 1 N–H and O–H groups in total. The molecule has 1 unspecified atom stereocenters. The van der Waals surface area contributed by atoms with Crippen LogP contribution in [0, 0.1) is 5.92 Å². The van der Waals surface area contributed by atoms with E-state index in [0.717, 1.165) is 42.9 Å². The predicted molar refractivity (Wildman–Crippen MR) is 113 cm³/mol. The van der Waals surface area contributed by atoms with Crippen LogP contribution in [-0.2, 0) is 11.2 Å². The van der Waals surface area contributed by atoms with Crippen molar-refractivity contribution in [3.63, 3.8) is 0 Å². The molecule has 1 aromatic heterocycles. The van der Waals surface area contributed by atoms with Crippen LogP contribution in [-0.4, -0.2) is 34.9 Å². The summed E-state index contributed by atoms with van der Waals surface area (Å²) >= 11 is 6.45. The van der Waals surface area contributed by atoms with E-state index < -0.39 is 0 Å². The van der Waals surface area contributed by atoms with Gasteiger partial charge in [-0.2, -0.15) is 5.10 Å². The first kappa shape index (κ1) is 20.9. The van der Waals surface area contributed by atoms with Gasteiger partial charge < -0.3 is 10.1 Å². The molecule has 2 aromatic rings. The molecule has 0 radical (unpaired) electrons. The summed E-state index contributed by atoms with van der Waals surface area (Å²) < 4.78 is 7.50. The number of rotatable bonds is 7. The lowest BCUT2D eigenvalue weighted by Gasteiger charge is -2.15. The van der Waals surface area contributed by atoms with E-state index in [9.17, 15) is 4.79 Å². The number of halogens is 1. The molecular formula is C22H30ClN3O2. The van der Waals surface area contributed by atoms with E-state index >= 15 is 0 Å². The maximum atomic E-state index is 13.2. The van der Waals surface area contributed by atoms with Crippen LogP contribution >= 0.6 is 11.6 Å². The van der Waals surface area contributed by atoms with E-state index in [1.165, 1.54) is 0 Å². The van der Waals surface area contributed by atoms with E-state index in [1.807, 2.05) is 28.9 Å². The molecule has 0 bridgehead atoms. The van der Waals surface area contributed by atoms with Crippen molar-refractivity contribution >= 4 is 17.5 Å². The molecule has 1 amide bonds. The topological polar surface area (TPSA) is 56.2 Å². The summed E-state index contributed by atoms with van der Waals surface area (Å²) in [5.74, 6) is 0.431. The van der Waals surface area contributed by atoms with Gasteiger partial charge in [0.25, 0.3) is 5.91 Å². The van der Waals surface area contributed by atoms with Gasteiger partial charge in [0, 0.05) is 13.2 Å². The third kappa shape index (κ3) is 4.58. The van der Waals surface area contributed by atoms with Gasteiger partial charge in [-0.1, -0.05) is 51.4 Å². The van der Waals surface area contributed by atoms with Crippen LogP contribution in [0.4, 0.5) is 0 Å². The number of ether oxygens (including phenoxy) is 1. The van der Waals surface area contributed by atoms with Gasteiger partial charge in [0.15, 0.2) is 0 Å². The largest absolute Gasteiger partial charge is 0.376 e. The van der Waals surface area contributed by atoms with E-state index in [1.54, 1.807) is 0 Å². The van der Waals surface area contributed by atoms with Crippen LogP contribution in [0.15, 0.2) is 24.3 Å². The number of nitrogens with zero attached hydrogens (tertiary/aromatic N) is 2. The highest BCUT2D eigenvalue weighted by atomic mass is 35.5. The summed E-state index contributed by atoms with van der Waals surface area (Å²) in [7, 11) is 0. The molecule has 1 aromatic carbocycles. The molecule has 1 fully saturated rings. The summed E-state index contributed by atoms with van der Waals surface area (Å²) in [4.78, 5) is 13.2. The van der Waals surface area contributed by atoms with Crippen molar-refractivity contribution in [3.8, 4) is 5.69 Å². The van der Waals surface area contributed by atoms with Crippen LogP contribution in [0.5, 0.6) is 0 Å². The number of hydrogen-bond acceptors (Lipinski definition) is 3. The summed E-state index contributed by atoms with van der Waals surface area (Å²) in [6, 6.07) is 7.62. The third-order valence-electron chi connectivity index (χ3n) is 4.96. The molecule has 3 rings (SSSR count). The molecule has 152 valence electrons. The monoisotopic (exact) mass is 403 g/mol. The molecule has 0 spiro atoms. The predicted octanol–water partition coefficient (Wildman–Crippen LogP) is 4.76. The molecule has 6 heteroatoms. The summed E-state index contributed by atoms with van der Waals surface area (Å²) in [6.45, 7) is 9.76. The fraction of sp³-hybridized carbons (Fsp3) is 0.545. The van der Waals surface area contributed by atoms with Crippen molar-refractivity contribution in [3.05, 3.63) is 46.2 Å². The number of para-hydroxylation sites is 1. The summed E-state index contributed by atoms with van der Waals surface area (Å²) in [5.41, 5.74) is 3.20. The number of hydrogen-bond donors (Lipinski definition) is 1. The number of aromatic nitrogens is 2. The molecule has 0 aliphatic carbocycles. The highest BCUT2D eigenvalue weighted by Crippen LogP contribution is 2.30. The van der Waals surface area contributed by atoms with Gasteiger partial charge in [-0.15, -0.1) is 0 Å². The average Bonchev–Trinajstić information content (AvgIpc) is 3.27. The van der Waals surface area contributed by atoms with Gasteiger partial charge >= 0.3 is 0 Å². The first-order chi connectivity index (χ1) is 13.4. The van der Waals surface area contributed by atoms with E-state index in [-0.39, 0.29) is 17.9 Å². The first-order valence-corrected chi connectivity index (χ1v) is 10.5. The maximum Gasteiger partial charge on any atom is 0.255 e. The molecule has 0 saturated carbocycles. The highest BCUT2D eigenvalue weighted by Gasteiger charge is 2.28. The van der Waals surface area contributed by atoms with E-state index in [4.69, 9.17) is 21.4 Å². The second-order valence-corrected chi connectivity index (χ2v) is 8.58. The molecule has 1 atom stereocenters. The van der Waals surface area contributed by atoms with Crippen molar-refractivity contribution in [2.45, 2.75) is 59.0 Å². The Morgan fingerprint density at radius 1 is 1.32 bits per heavy atom. The fourth-order valence-electron chi connectivity index (χ4n) is 3.70. The van der Waals surface area contributed by atoms with Crippen LogP contribution in [0.2, 0.25) is 5.02 Å². The normalized spacial score (nSPS) is 16.9. The number of carbonyl (C=O) groups is 1. The molecule has 1 aliphatic rings. The molecule has 5 nitrogen and oxygen atoms in total. The van der Waals surface area contributed by atoms with Gasteiger partial charge in [0.05, 0.1) is 33.8 Å².